The highest BCUT2D eigenvalue weighted by Crippen LogP contribution is 2.39. The highest BCUT2D eigenvalue weighted by Gasteiger charge is 2.53. The molecule has 1 fully saturated rings. The van der Waals surface area contributed by atoms with E-state index in [1.54, 1.807) is 12.2 Å². The number of ether oxygens (including phenoxy) is 1. The van der Waals surface area contributed by atoms with Crippen LogP contribution in [0.2, 0.25) is 0 Å². The normalized spacial score (nSPS) is 29.0. The maximum Gasteiger partial charge on any atom is 0.310 e. The van der Waals surface area contributed by atoms with Crippen LogP contribution in [-0.2, 0) is 14.3 Å². The first-order valence-electron chi connectivity index (χ1n) is 7.45. The second-order valence-electron chi connectivity index (χ2n) is 6.11. The molecule has 116 valence electrons. The number of carbonyl (C=O) groups excluding carboxylic acids is 1. The molecule has 0 aromatic heterocycles. The predicted octanol–water partition coefficient (Wildman–Crippen LogP) is 2.40. The van der Waals surface area contributed by atoms with Gasteiger partial charge >= 0.3 is 5.97 Å². The fourth-order valence-corrected chi connectivity index (χ4v) is 3.09. The molecule has 1 saturated heterocycles. The molecule has 1 amide bonds. The molecule has 0 unspecified atom stereocenters. The lowest BCUT2D eigenvalue weighted by Crippen LogP contribution is -2.39. The van der Waals surface area contributed by atoms with Crippen molar-refractivity contribution >= 4 is 17.6 Å². The third kappa shape index (κ3) is 2.52. The van der Waals surface area contributed by atoms with Gasteiger partial charge in [-0.05, 0) is 23.6 Å². The number of hydrogen-bond donors (Lipinski definition) is 2. The van der Waals surface area contributed by atoms with Crippen LogP contribution in [0.3, 0.4) is 0 Å². The Balaban J connectivity index is 1.74. The molecule has 2 heterocycles. The summed E-state index contributed by atoms with van der Waals surface area (Å²) < 4.78 is 5.52. The van der Waals surface area contributed by atoms with Crippen LogP contribution in [0.15, 0.2) is 36.4 Å². The van der Waals surface area contributed by atoms with E-state index in [0.29, 0.717) is 11.6 Å². The summed E-state index contributed by atoms with van der Waals surface area (Å²) in [7, 11) is 0. The Labute approximate surface area is 129 Å². The molecular formula is C17H19NO4. The van der Waals surface area contributed by atoms with Crippen molar-refractivity contribution in [2.24, 2.45) is 11.8 Å². The lowest BCUT2D eigenvalue weighted by atomic mass is 9.82. The number of carboxylic acid groups (broad SMARTS) is 1. The van der Waals surface area contributed by atoms with Crippen LogP contribution in [0, 0.1) is 11.8 Å². The number of fused-ring (bicyclic) bond motifs is 2. The van der Waals surface area contributed by atoms with Crippen LogP contribution in [0.1, 0.15) is 25.3 Å². The molecule has 5 heteroatoms. The minimum Gasteiger partial charge on any atom is -0.481 e. The number of nitrogens with one attached hydrogen (secondary N) is 1. The van der Waals surface area contributed by atoms with Crippen LogP contribution in [0.5, 0.6) is 0 Å². The highest BCUT2D eigenvalue weighted by molar-refractivity contribution is 5.96. The second kappa shape index (κ2) is 5.57. The molecule has 0 radical (unpaired) electrons. The number of carbonyl (C=O) groups is 2. The molecule has 2 bridgehead atoms. The summed E-state index contributed by atoms with van der Waals surface area (Å²) >= 11 is 0. The quantitative estimate of drug-likeness (QED) is 0.837. The largest absolute Gasteiger partial charge is 0.481 e. The summed E-state index contributed by atoms with van der Waals surface area (Å²) in [5, 5.41) is 12.1. The fraction of sp³-hybridized carbons (Fsp3) is 0.412. The van der Waals surface area contributed by atoms with Gasteiger partial charge in [-0.15, -0.1) is 0 Å². The highest BCUT2D eigenvalue weighted by atomic mass is 16.5. The van der Waals surface area contributed by atoms with Crippen molar-refractivity contribution in [2.75, 3.05) is 5.32 Å². The van der Waals surface area contributed by atoms with Gasteiger partial charge in [-0.3, -0.25) is 9.59 Å². The van der Waals surface area contributed by atoms with Gasteiger partial charge in [0, 0.05) is 5.69 Å². The van der Waals surface area contributed by atoms with Gasteiger partial charge in [0.2, 0.25) is 5.91 Å². The number of anilines is 1. The summed E-state index contributed by atoms with van der Waals surface area (Å²) in [6.07, 6.45) is 2.56. The molecule has 4 atom stereocenters. The standard InChI is InChI=1S/C17H19NO4/c1-9(2)10-3-5-11(6-4-10)18-16(19)14-12-7-8-13(22-12)15(14)17(20)21/h3-9,12-15H,1-2H3,(H,18,19)(H,20,21)/t12-,13-,14+,15+/m1/s1. The number of amides is 1. The molecule has 0 saturated carbocycles. The molecule has 0 aliphatic carbocycles. The van der Waals surface area contributed by atoms with Gasteiger partial charge in [-0.25, -0.2) is 0 Å². The van der Waals surface area contributed by atoms with E-state index in [4.69, 9.17) is 4.74 Å². The van der Waals surface area contributed by atoms with Crippen molar-refractivity contribution in [1.82, 2.24) is 0 Å². The van der Waals surface area contributed by atoms with Crippen molar-refractivity contribution in [2.45, 2.75) is 32.0 Å². The number of benzene rings is 1. The van der Waals surface area contributed by atoms with Crippen LogP contribution in [-0.4, -0.2) is 29.2 Å². The van der Waals surface area contributed by atoms with Crippen molar-refractivity contribution in [3.8, 4) is 0 Å². The van der Waals surface area contributed by atoms with Crippen LogP contribution in [0.25, 0.3) is 0 Å². The summed E-state index contributed by atoms with van der Waals surface area (Å²) in [4.78, 5) is 23.8. The molecule has 1 aromatic carbocycles. The Hall–Kier alpha value is -2.14. The number of carboxylic acids is 1. The zero-order valence-corrected chi connectivity index (χ0v) is 12.5. The van der Waals surface area contributed by atoms with E-state index in [0.717, 1.165) is 0 Å². The Morgan fingerprint density at radius 3 is 2.23 bits per heavy atom. The zero-order chi connectivity index (χ0) is 15.9. The minimum atomic E-state index is -0.993. The second-order valence-corrected chi connectivity index (χ2v) is 6.11. The van der Waals surface area contributed by atoms with Crippen molar-refractivity contribution in [3.05, 3.63) is 42.0 Å². The molecule has 1 aromatic rings. The fourth-order valence-electron chi connectivity index (χ4n) is 3.09. The van der Waals surface area contributed by atoms with Crippen LogP contribution in [0.4, 0.5) is 5.69 Å². The van der Waals surface area contributed by atoms with Gasteiger partial charge in [0.05, 0.1) is 18.1 Å². The molecular weight excluding hydrogens is 282 g/mol. The Kier molecular flexibility index (Phi) is 3.74. The van der Waals surface area contributed by atoms with E-state index in [1.807, 2.05) is 24.3 Å². The number of hydrogen-bond acceptors (Lipinski definition) is 3. The average molecular weight is 301 g/mol. The first kappa shape index (κ1) is 14.8. The Morgan fingerprint density at radius 1 is 1.09 bits per heavy atom. The average Bonchev–Trinajstić information content (AvgIpc) is 3.08. The molecule has 2 N–H and O–H groups in total. The maximum atomic E-state index is 12.4. The van der Waals surface area contributed by atoms with Crippen LogP contribution < -0.4 is 5.32 Å². The van der Waals surface area contributed by atoms with E-state index < -0.39 is 30.0 Å². The first-order valence-corrected chi connectivity index (χ1v) is 7.45. The third-order valence-corrected chi connectivity index (χ3v) is 4.33. The summed E-state index contributed by atoms with van der Waals surface area (Å²) in [6.45, 7) is 4.20. The summed E-state index contributed by atoms with van der Waals surface area (Å²) in [5.41, 5.74) is 1.86. The summed E-state index contributed by atoms with van der Waals surface area (Å²) in [5.74, 6) is -2.37. The van der Waals surface area contributed by atoms with Crippen molar-refractivity contribution < 1.29 is 19.4 Å². The van der Waals surface area contributed by atoms with Gasteiger partial charge in [0.15, 0.2) is 0 Å². The lowest BCUT2D eigenvalue weighted by molar-refractivity contribution is -0.145. The SMILES string of the molecule is CC(C)c1ccc(NC(=O)[C@@H]2[C@@H](C(=O)O)[C@H]3C=C[C@H]2O3)cc1. The molecule has 3 rings (SSSR count). The van der Waals surface area contributed by atoms with Gasteiger partial charge in [0.25, 0.3) is 0 Å². The monoisotopic (exact) mass is 301 g/mol. The van der Waals surface area contributed by atoms with Crippen LogP contribution >= 0.6 is 0 Å². The molecule has 2 aliphatic rings. The van der Waals surface area contributed by atoms with Gasteiger partial charge < -0.3 is 15.2 Å². The van der Waals surface area contributed by atoms with E-state index in [9.17, 15) is 14.7 Å². The molecule has 0 spiro atoms. The van der Waals surface area contributed by atoms with Gasteiger partial charge in [-0.2, -0.15) is 0 Å². The third-order valence-electron chi connectivity index (χ3n) is 4.33. The molecule has 2 aliphatic heterocycles. The van der Waals surface area contributed by atoms with Gasteiger partial charge in [-0.1, -0.05) is 38.1 Å². The zero-order valence-electron chi connectivity index (χ0n) is 12.5. The maximum absolute atomic E-state index is 12.4. The first-order chi connectivity index (χ1) is 10.5. The predicted molar refractivity (Wildman–Crippen MR) is 81.6 cm³/mol. The Morgan fingerprint density at radius 2 is 1.68 bits per heavy atom. The smallest absolute Gasteiger partial charge is 0.310 e. The van der Waals surface area contributed by atoms with E-state index >= 15 is 0 Å². The van der Waals surface area contributed by atoms with Gasteiger partial charge in [0.1, 0.15) is 5.92 Å². The van der Waals surface area contributed by atoms with Crippen molar-refractivity contribution in [1.29, 1.82) is 0 Å². The molecule has 22 heavy (non-hydrogen) atoms. The van der Waals surface area contributed by atoms with E-state index in [2.05, 4.69) is 19.2 Å². The number of rotatable bonds is 4. The summed E-state index contributed by atoms with van der Waals surface area (Å²) in [6, 6.07) is 7.61. The van der Waals surface area contributed by atoms with E-state index in [1.165, 1.54) is 5.56 Å². The van der Waals surface area contributed by atoms with Crippen molar-refractivity contribution in [3.63, 3.8) is 0 Å². The Bertz CT molecular complexity index is 620. The molecule has 5 nitrogen and oxygen atoms in total. The topological polar surface area (TPSA) is 75.6 Å². The minimum absolute atomic E-state index is 0.304. The number of aliphatic carboxylic acids is 1. The van der Waals surface area contributed by atoms with E-state index in [-0.39, 0.29) is 5.91 Å². The lowest BCUT2D eigenvalue weighted by Gasteiger charge is -2.21.